The molecule has 17 heavy (non-hydrogen) atoms. The van der Waals surface area contributed by atoms with Crippen molar-refractivity contribution in [1.82, 2.24) is 0 Å². The Morgan fingerprint density at radius 3 is 1.53 bits per heavy atom. The molecule has 0 aliphatic rings. The van der Waals surface area contributed by atoms with E-state index >= 15 is 0 Å². The zero-order chi connectivity index (χ0) is 10.7. The molecule has 0 unspecified atom stereocenters. The predicted octanol–water partition coefficient (Wildman–Crippen LogP) is 4.94. The second kappa shape index (κ2) is 6.74. The van der Waals surface area contributed by atoms with E-state index in [-0.39, 0.29) is 14.9 Å². The van der Waals surface area contributed by atoms with E-state index in [9.17, 15) is 0 Å². The zero-order valence-electron chi connectivity index (χ0n) is 9.03. The molecule has 0 bridgehead atoms. The maximum absolute atomic E-state index is 5.12. The van der Waals surface area contributed by atoms with E-state index in [1.54, 1.807) is 7.11 Å². The summed E-state index contributed by atoms with van der Waals surface area (Å²) < 4.78 is 5.12. The van der Waals surface area contributed by atoms with Crippen LogP contribution in [-0.4, -0.2) is 7.11 Å². The van der Waals surface area contributed by atoms with Gasteiger partial charge in [0.15, 0.2) is 0 Å². The molecule has 1 heteroatoms. The van der Waals surface area contributed by atoms with E-state index in [0.717, 1.165) is 5.75 Å². The number of benzene rings is 2. The maximum atomic E-state index is 5.12. The van der Waals surface area contributed by atoms with E-state index in [2.05, 4.69) is 43.3 Å². The van der Waals surface area contributed by atoms with Crippen LogP contribution in [-0.2, 0) is 0 Å². The third-order valence-corrected chi connectivity index (χ3v) is 2.47. The molecule has 0 N–H and O–H groups in total. The molecule has 0 aromatic heterocycles. The van der Waals surface area contributed by atoms with Gasteiger partial charge in [0.25, 0.3) is 0 Å². The van der Waals surface area contributed by atoms with E-state index in [0.29, 0.717) is 0 Å². The van der Waals surface area contributed by atoms with Gasteiger partial charge in [-0.15, -0.1) is 0 Å². The molecule has 0 aliphatic heterocycles. The minimum Gasteiger partial charge on any atom is -0.497 e. The SMILES string of the molecule is C.C.COc1ccc(-c2ccc(C)cc2)cc1. The Balaban J connectivity index is 0.00000128. The van der Waals surface area contributed by atoms with Gasteiger partial charge in [-0.2, -0.15) is 0 Å². The molecule has 0 radical (unpaired) electrons. The highest BCUT2D eigenvalue weighted by Crippen LogP contribution is 2.22. The van der Waals surface area contributed by atoms with Crippen LogP contribution in [0.15, 0.2) is 48.5 Å². The lowest BCUT2D eigenvalue weighted by Crippen LogP contribution is -1.82. The number of hydrogen-bond donors (Lipinski definition) is 0. The number of ether oxygens (including phenoxy) is 1. The average Bonchev–Trinajstić information content (AvgIpc) is 2.30. The minimum absolute atomic E-state index is 0. The second-order valence-electron chi connectivity index (χ2n) is 3.59. The summed E-state index contributed by atoms with van der Waals surface area (Å²) in [4.78, 5) is 0. The number of hydrogen-bond acceptors (Lipinski definition) is 1. The summed E-state index contributed by atoms with van der Waals surface area (Å²) in [6, 6.07) is 16.6. The Hall–Kier alpha value is -1.76. The summed E-state index contributed by atoms with van der Waals surface area (Å²) >= 11 is 0. The Bertz CT molecular complexity index is 426. The first-order valence-electron chi connectivity index (χ1n) is 5.01. The van der Waals surface area contributed by atoms with Crippen LogP contribution >= 0.6 is 0 Å². The number of aryl methyl sites for hydroxylation is 1. The van der Waals surface area contributed by atoms with E-state index in [1.165, 1.54) is 16.7 Å². The molecule has 0 amide bonds. The number of methoxy groups -OCH3 is 1. The van der Waals surface area contributed by atoms with Crippen molar-refractivity contribution < 1.29 is 4.74 Å². The summed E-state index contributed by atoms with van der Waals surface area (Å²) in [6.45, 7) is 2.10. The minimum atomic E-state index is 0. The first-order valence-corrected chi connectivity index (χ1v) is 5.01. The molecule has 0 atom stereocenters. The molecule has 0 spiro atoms. The Labute approximate surface area is 105 Å². The largest absolute Gasteiger partial charge is 0.497 e. The fourth-order valence-electron chi connectivity index (χ4n) is 1.53. The van der Waals surface area contributed by atoms with Gasteiger partial charge in [-0.3, -0.25) is 0 Å². The fraction of sp³-hybridized carbons (Fsp3) is 0.250. The van der Waals surface area contributed by atoms with Gasteiger partial charge in [-0.1, -0.05) is 56.8 Å². The van der Waals surface area contributed by atoms with E-state index in [1.807, 2.05) is 12.1 Å². The molecule has 0 saturated heterocycles. The van der Waals surface area contributed by atoms with E-state index < -0.39 is 0 Å². The van der Waals surface area contributed by atoms with Crippen molar-refractivity contribution in [3.8, 4) is 16.9 Å². The second-order valence-corrected chi connectivity index (χ2v) is 3.59. The summed E-state index contributed by atoms with van der Waals surface area (Å²) in [5.41, 5.74) is 3.74. The zero-order valence-corrected chi connectivity index (χ0v) is 9.03. The van der Waals surface area contributed by atoms with E-state index in [4.69, 9.17) is 4.74 Å². The van der Waals surface area contributed by atoms with Gasteiger partial charge in [0.2, 0.25) is 0 Å². The standard InChI is InChI=1S/C14H14O.2CH4/c1-11-3-5-12(6-4-11)13-7-9-14(15-2)10-8-13;;/h3-10H,1-2H3;2*1H4. The molecule has 0 aliphatic carbocycles. The van der Waals surface area contributed by atoms with Crippen molar-refractivity contribution in [2.75, 3.05) is 7.11 Å². The normalized spacial score (nSPS) is 8.82. The topological polar surface area (TPSA) is 9.23 Å². The lowest BCUT2D eigenvalue weighted by molar-refractivity contribution is 0.415. The Morgan fingerprint density at radius 1 is 0.706 bits per heavy atom. The molecule has 0 saturated carbocycles. The molecule has 0 fully saturated rings. The molecule has 0 heterocycles. The van der Waals surface area contributed by atoms with Crippen LogP contribution in [0.25, 0.3) is 11.1 Å². The van der Waals surface area contributed by atoms with Crippen molar-refractivity contribution in [3.63, 3.8) is 0 Å². The van der Waals surface area contributed by atoms with Crippen molar-refractivity contribution in [2.24, 2.45) is 0 Å². The molecule has 1 nitrogen and oxygen atoms in total. The van der Waals surface area contributed by atoms with Gasteiger partial charge in [0.1, 0.15) is 5.75 Å². The lowest BCUT2D eigenvalue weighted by Gasteiger charge is -2.03. The molecule has 2 rings (SSSR count). The fourth-order valence-corrected chi connectivity index (χ4v) is 1.53. The van der Waals surface area contributed by atoms with Crippen LogP contribution in [0.2, 0.25) is 0 Å². The Kier molecular flexibility index (Phi) is 6.05. The maximum Gasteiger partial charge on any atom is 0.118 e. The Morgan fingerprint density at radius 2 is 1.12 bits per heavy atom. The molecule has 2 aromatic rings. The summed E-state index contributed by atoms with van der Waals surface area (Å²) in [7, 11) is 1.68. The summed E-state index contributed by atoms with van der Waals surface area (Å²) in [5.74, 6) is 0.894. The third kappa shape index (κ3) is 3.63. The first kappa shape index (κ1) is 15.2. The van der Waals surface area contributed by atoms with Gasteiger partial charge in [0, 0.05) is 0 Å². The van der Waals surface area contributed by atoms with Crippen molar-refractivity contribution in [2.45, 2.75) is 21.8 Å². The van der Waals surface area contributed by atoms with Crippen molar-refractivity contribution >= 4 is 0 Å². The summed E-state index contributed by atoms with van der Waals surface area (Å²) in [6.07, 6.45) is 0. The highest BCUT2D eigenvalue weighted by molar-refractivity contribution is 5.64. The monoisotopic (exact) mass is 230 g/mol. The van der Waals surface area contributed by atoms with Crippen molar-refractivity contribution in [3.05, 3.63) is 54.1 Å². The van der Waals surface area contributed by atoms with Crippen LogP contribution in [0.5, 0.6) is 5.75 Å². The molecule has 2 aromatic carbocycles. The van der Waals surface area contributed by atoms with Gasteiger partial charge in [0.05, 0.1) is 7.11 Å². The molecular formula is C16H22O. The quantitative estimate of drug-likeness (QED) is 0.709. The van der Waals surface area contributed by atoms with Crippen LogP contribution in [0.4, 0.5) is 0 Å². The smallest absolute Gasteiger partial charge is 0.118 e. The van der Waals surface area contributed by atoms with Gasteiger partial charge >= 0.3 is 0 Å². The van der Waals surface area contributed by atoms with Crippen LogP contribution in [0.1, 0.15) is 20.4 Å². The number of rotatable bonds is 2. The van der Waals surface area contributed by atoms with Crippen LogP contribution in [0, 0.1) is 6.92 Å². The molecule has 92 valence electrons. The highest BCUT2D eigenvalue weighted by Gasteiger charge is 1.97. The predicted molar refractivity (Wildman–Crippen MR) is 76.6 cm³/mol. The molecular weight excluding hydrogens is 208 g/mol. The summed E-state index contributed by atoms with van der Waals surface area (Å²) in [5, 5.41) is 0. The van der Waals surface area contributed by atoms with Crippen molar-refractivity contribution in [1.29, 1.82) is 0 Å². The lowest BCUT2D eigenvalue weighted by atomic mass is 10.0. The van der Waals surface area contributed by atoms with Crippen LogP contribution in [0.3, 0.4) is 0 Å². The van der Waals surface area contributed by atoms with Gasteiger partial charge in [-0.05, 0) is 30.2 Å². The average molecular weight is 230 g/mol. The first-order chi connectivity index (χ1) is 7.29. The van der Waals surface area contributed by atoms with Crippen LogP contribution < -0.4 is 4.74 Å². The third-order valence-electron chi connectivity index (χ3n) is 2.47. The highest BCUT2D eigenvalue weighted by atomic mass is 16.5. The van der Waals surface area contributed by atoms with Gasteiger partial charge < -0.3 is 4.74 Å². The van der Waals surface area contributed by atoms with Gasteiger partial charge in [-0.25, -0.2) is 0 Å².